The molecule has 2 aliphatic rings. The van der Waals surface area contributed by atoms with Gasteiger partial charge in [0.1, 0.15) is 0 Å². The number of rotatable bonds is 11. The number of nitrogens with zero attached hydrogens (tertiary/aromatic N) is 5. The second kappa shape index (κ2) is 13.4. The molecule has 2 aliphatic heterocycles. The minimum absolute atomic E-state index is 0.103. The Hall–Kier alpha value is -4.94. The van der Waals surface area contributed by atoms with E-state index in [9.17, 15) is 19.5 Å². The van der Waals surface area contributed by atoms with Gasteiger partial charge in [-0.05, 0) is 67.5 Å². The smallest absolute Gasteiger partial charge is 0.268 e. The number of hydrogen-bond donors (Lipinski definition) is 2. The minimum atomic E-state index is -2.93. The van der Waals surface area contributed by atoms with Gasteiger partial charge in [0.05, 0.1) is 30.0 Å². The largest absolute Gasteiger partial charge is 0.432 e. The summed E-state index contributed by atoms with van der Waals surface area (Å²) in [6.07, 6.45) is 2.62. The highest BCUT2D eigenvalue weighted by Crippen LogP contribution is 2.61. The molecule has 11 heteroatoms. The van der Waals surface area contributed by atoms with Crippen LogP contribution < -0.4 is 9.80 Å². The van der Waals surface area contributed by atoms with Gasteiger partial charge in [0, 0.05) is 46.8 Å². The van der Waals surface area contributed by atoms with Crippen molar-refractivity contribution < 1.29 is 24.2 Å². The first-order chi connectivity index (χ1) is 24.2. The molecule has 0 bridgehead atoms. The van der Waals surface area contributed by atoms with E-state index in [4.69, 9.17) is 4.74 Å². The van der Waals surface area contributed by atoms with Gasteiger partial charge in [-0.15, -0.1) is 5.10 Å². The Balaban J connectivity index is 1.26. The minimum Gasteiger partial charge on any atom is -0.432 e. The molecule has 256 valence electrons. The zero-order chi connectivity index (χ0) is 35.0. The number of carbonyl (C=O) groups excluding carboxylic acids is 2. The van der Waals surface area contributed by atoms with Crippen LogP contribution in [-0.4, -0.2) is 58.2 Å². The van der Waals surface area contributed by atoms with Crippen LogP contribution >= 0.6 is 0 Å². The van der Waals surface area contributed by atoms with E-state index >= 15 is 0 Å². The Bertz CT molecular complexity index is 1970. The van der Waals surface area contributed by atoms with Crippen LogP contribution in [0, 0.1) is 5.92 Å². The average molecular weight is 688 g/mol. The van der Waals surface area contributed by atoms with Crippen molar-refractivity contribution in [1.82, 2.24) is 15.0 Å². The number of para-hydroxylation sites is 2. The lowest BCUT2D eigenvalue weighted by atomic mass is 9.82. The molecule has 4 aromatic carbocycles. The summed E-state index contributed by atoms with van der Waals surface area (Å²) in [6, 6.07) is 34.2. The number of carbonyl (C=O) groups is 2. The number of fused-ring (bicyclic) bond motifs is 2. The van der Waals surface area contributed by atoms with Gasteiger partial charge < -0.3 is 14.6 Å². The molecule has 0 aliphatic carbocycles. The third-order valence-corrected chi connectivity index (χ3v) is 12.8. The highest BCUT2D eigenvalue weighted by Gasteiger charge is 2.66. The molecule has 3 heterocycles. The van der Waals surface area contributed by atoms with Crippen LogP contribution in [0.25, 0.3) is 0 Å². The number of aromatic nitrogens is 3. The van der Waals surface area contributed by atoms with Gasteiger partial charge in [-0.25, -0.2) is 0 Å². The van der Waals surface area contributed by atoms with Crippen molar-refractivity contribution in [3.8, 4) is 0 Å². The van der Waals surface area contributed by atoms with E-state index in [-0.39, 0.29) is 29.9 Å². The van der Waals surface area contributed by atoms with E-state index in [0.717, 1.165) is 12.0 Å². The van der Waals surface area contributed by atoms with Gasteiger partial charge in [0.2, 0.25) is 6.41 Å². The van der Waals surface area contributed by atoms with Crippen LogP contribution in [0.4, 0.5) is 22.7 Å². The zero-order valence-electron chi connectivity index (χ0n) is 28.3. The van der Waals surface area contributed by atoms with Crippen molar-refractivity contribution in [3.05, 3.63) is 132 Å². The Morgan fingerprint density at radius 3 is 2.26 bits per heavy atom. The molecule has 1 fully saturated rings. The zero-order valence-corrected chi connectivity index (χ0v) is 29.3. The number of aryl methyl sites for hydroxylation is 1. The quantitative estimate of drug-likeness (QED) is 0.124. The fourth-order valence-electron chi connectivity index (χ4n) is 8.00. The Morgan fingerprint density at radius 1 is 0.960 bits per heavy atom. The summed E-state index contributed by atoms with van der Waals surface area (Å²) in [5.74, 6) is -0.915. The molecule has 2 amide bonds. The summed E-state index contributed by atoms with van der Waals surface area (Å²) in [5, 5.41) is 18.9. The Kier molecular flexibility index (Phi) is 8.99. The first kappa shape index (κ1) is 33.5. The van der Waals surface area contributed by atoms with Gasteiger partial charge in [-0.2, -0.15) is 0 Å². The van der Waals surface area contributed by atoms with Gasteiger partial charge in [0.25, 0.3) is 5.91 Å². The average Bonchev–Trinajstić information content (AvgIpc) is 3.79. The molecule has 5 aromatic rings. The van der Waals surface area contributed by atoms with E-state index in [1.807, 2.05) is 135 Å². The fourth-order valence-corrected chi connectivity index (χ4v) is 10.6. The normalized spacial score (nSPS) is 22.1. The maximum atomic E-state index is 15.0. The number of benzene rings is 4. The molecular formula is C39H41N5O5Si. The number of hydrogen-bond acceptors (Lipinski definition) is 7. The van der Waals surface area contributed by atoms with Crippen molar-refractivity contribution in [2.45, 2.75) is 56.1 Å². The number of aliphatic hydroxyl groups is 1. The maximum absolute atomic E-state index is 15.0. The topological polar surface area (TPSA) is 121 Å². The molecule has 0 radical (unpaired) electrons. The molecule has 5 atom stereocenters. The third-order valence-electron chi connectivity index (χ3n) is 10.2. The molecule has 10 nitrogen and oxygen atoms in total. The first-order valence-electron chi connectivity index (χ1n) is 17.0. The molecule has 0 saturated carbocycles. The van der Waals surface area contributed by atoms with Crippen LogP contribution in [-0.2, 0) is 26.5 Å². The Morgan fingerprint density at radius 2 is 1.62 bits per heavy atom. The standard InChI is InChI=1S/C39H41N5O5Si/c1-27-37(50(2,3)48)36(21-22-42-24-34(40-41-42)32(25-45)28-13-7-4-8-14-28)49-39(27)33-23-31(43(26-46)29-15-9-5-10-16-29)19-20-35(33)44(38(39)47)30-17-11-6-12-18-30/h4-20,23-24,26-27,32,36-37,45,48H,21-22,25H2,1-3H3/t27-,32?,36+,37-,39+/m1/s1. The molecular weight excluding hydrogens is 647 g/mol. The van der Waals surface area contributed by atoms with E-state index in [1.54, 1.807) is 14.5 Å². The number of ether oxygens (including phenoxy) is 1. The van der Waals surface area contributed by atoms with Crippen molar-refractivity contribution >= 4 is 43.4 Å². The summed E-state index contributed by atoms with van der Waals surface area (Å²) in [5.41, 5.74) is 3.27. The van der Waals surface area contributed by atoms with E-state index in [0.29, 0.717) is 47.0 Å². The number of amides is 2. The molecule has 1 spiro atoms. The van der Waals surface area contributed by atoms with Gasteiger partial charge in [-0.3, -0.25) is 24.1 Å². The van der Waals surface area contributed by atoms with Gasteiger partial charge in [0.15, 0.2) is 13.9 Å². The highest BCUT2D eigenvalue weighted by atomic mass is 28.4. The lowest BCUT2D eigenvalue weighted by Crippen LogP contribution is -2.45. The summed E-state index contributed by atoms with van der Waals surface area (Å²) < 4.78 is 8.81. The van der Waals surface area contributed by atoms with E-state index in [1.165, 1.54) is 0 Å². The lowest BCUT2D eigenvalue weighted by molar-refractivity contribution is -0.145. The highest BCUT2D eigenvalue weighted by molar-refractivity contribution is 6.71. The van der Waals surface area contributed by atoms with Crippen molar-refractivity contribution in [3.63, 3.8) is 0 Å². The summed E-state index contributed by atoms with van der Waals surface area (Å²) in [7, 11) is -2.93. The van der Waals surface area contributed by atoms with Crippen LogP contribution in [0.15, 0.2) is 115 Å². The van der Waals surface area contributed by atoms with Crippen LogP contribution in [0.3, 0.4) is 0 Å². The molecule has 1 aromatic heterocycles. The second-order valence-corrected chi connectivity index (χ2v) is 17.7. The summed E-state index contributed by atoms with van der Waals surface area (Å²) >= 11 is 0. The maximum Gasteiger partial charge on any atom is 0.268 e. The first-order valence-corrected chi connectivity index (χ1v) is 20.0. The molecule has 1 saturated heterocycles. The monoisotopic (exact) mass is 687 g/mol. The van der Waals surface area contributed by atoms with Crippen molar-refractivity contribution in [2.75, 3.05) is 16.4 Å². The lowest BCUT2D eigenvalue weighted by Gasteiger charge is -2.32. The third kappa shape index (κ3) is 5.75. The second-order valence-electron chi connectivity index (χ2n) is 13.7. The molecule has 50 heavy (non-hydrogen) atoms. The fraction of sp³-hybridized carbons (Fsp3) is 0.282. The van der Waals surface area contributed by atoms with Crippen LogP contribution in [0.1, 0.15) is 36.1 Å². The predicted molar refractivity (Wildman–Crippen MR) is 194 cm³/mol. The van der Waals surface area contributed by atoms with Crippen molar-refractivity contribution in [1.29, 1.82) is 0 Å². The van der Waals surface area contributed by atoms with Crippen molar-refractivity contribution in [2.24, 2.45) is 5.92 Å². The van der Waals surface area contributed by atoms with Gasteiger partial charge in [-0.1, -0.05) is 78.9 Å². The summed E-state index contributed by atoms with van der Waals surface area (Å²) in [6.45, 7) is 6.14. The van der Waals surface area contributed by atoms with Crippen LogP contribution in [0.2, 0.25) is 18.6 Å². The molecule has 7 rings (SSSR count). The SMILES string of the molecule is C[C@@H]1[C@@H]([Si](C)(C)O)[C@H](CCn2cc(C(CO)c3ccccc3)nn2)O[C@@]12C(=O)N(c1ccccc1)c1ccc(N(C=O)c3ccccc3)cc12. The van der Waals surface area contributed by atoms with E-state index < -0.39 is 20.0 Å². The van der Waals surface area contributed by atoms with Gasteiger partial charge >= 0.3 is 0 Å². The molecule has 1 unspecified atom stereocenters. The number of aliphatic hydroxyl groups excluding tert-OH is 1. The summed E-state index contributed by atoms with van der Waals surface area (Å²) in [4.78, 5) is 42.5. The Labute approximate surface area is 292 Å². The predicted octanol–water partition coefficient (Wildman–Crippen LogP) is 6.26. The molecule has 2 N–H and O–H groups in total. The van der Waals surface area contributed by atoms with E-state index in [2.05, 4.69) is 10.3 Å². The van der Waals surface area contributed by atoms with Crippen LogP contribution in [0.5, 0.6) is 0 Å². The number of anilines is 4.